The second kappa shape index (κ2) is 8.63. The van der Waals surface area contributed by atoms with Crippen molar-refractivity contribution in [2.75, 3.05) is 20.3 Å². The van der Waals surface area contributed by atoms with Crippen molar-refractivity contribution < 1.29 is 24.2 Å². The zero-order valence-corrected chi connectivity index (χ0v) is 17.5. The van der Waals surface area contributed by atoms with Crippen molar-refractivity contribution in [2.45, 2.75) is 18.6 Å². The molecule has 11 nitrogen and oxygen atoms in total. The lowest BCUT2D eigenvalue weighted by Crippen LogP contribution is -2.42. The zero-order chi connectivity index (χ0) is 22.7. The minimum Gasteiger partial charge on any atom is -0.497 e. The first kappa shape index (κ1) is 21.2. The van der Waals surface area contributed by atoms with Crippen LogP contribution in [0.3, 0.4) is 0 Å². The van der Waals surface area contributed by atoms with Gasteiger partial charge in [0.25, 0.3) is 5.91 Å². The highest BCUT2D eigenvalue weighted by atomic mass is 16.5. The van der Waals surface area contributed by atoms with Crippen LogP contribution >= 0.6 is 0 Å². The van der Waals surface area contributed by atoms with E-state index >= 15 is 0 Å². The Kier molecular flexibility index (Phi) is 5.73. The molecule has 0 saturated carbocycles. The molecule has 1 aromatic heterocycles. The van der Waals surface area contributed by atoms with E-state index in [-0.39, 0.29) is 13.2 Å². The van der Waals surface area contributed by atoms with Gasteiger partial charge in [-0.05, 0) is 59.3 Å². The predicted molar refractivity (Wildman–Crippen MR) is 111 cm³/mol. The number of carbonyl (C=O) groups is 2. The minimum atomic E-state index is -1.29. The summed E-state index contributed by atoms with van der Waals surface area (Å²) in [7, 11) is 1.56. The number of nitrogens with one attached hydrogen (secondary N) is 1. The van der Waals surface area contributed by atoms with E-state index in [2.05, 4.69) is 20.8 Å². The second-order valence-corrected chi connectivity index (χ2v) is 7.42. The molecule has 1 fully saturated rings. The van der Waals surface area contributed by atoms with E-state index in [0.717, 1.165) is 4.90 Å². The number of aliphatic hydroxyl groups excluding tert-OH is 1. The van der Waals surface area contributed by atoms with Crippen molar-refractivity contribution in [3.8, 4) is 17.2 Å². The van der Waals surface area contributed by atoms with Crippen molar-refractivity contribution in [1.29, 1.82) is 0 Å². The number of aromatic nitrogens is 4. The van der Waals surface area contributed by atoms with Crippen LogP contribution in [0.2, 0.25) is 0 Å². The molecule has 2 N–H and O–H groups in total. The van der Waals surface area contributed by atoms with E-state index in [9.17, 15) is 14.7 Å². The van der Waals surface area contributed by atoms with Crippen molar-refractivity contribution in [3.63, 3.8) is 0 Å². The lowest BCUT2D eigenvalue weighted by molar-refractivity contribution is -0.132. The van der Waals surface area contributed by atoms with Crippen molar-refractivity contribution in [3.05, 3.63) is 60.4 Å². The summed E-state index contributed by atoms with van der Waals surface area (Å²) in [4.78, 5) is 26.7. The minimum absolute atomic E-state index is 0.0884. The summed E-state index contributed by atoms with van der Waals surface area (Å²) in [6.07, 6.45) is 0.365. The van der Waals surface area contributed by atoms with Crippen LogP contribution < -0.4 is 14.8 Å². The Morgan fingerprint density at radius 3 is 2.59 bits per heavy atom. The molecule has 2 aromatic carbocycles. The number of rotatable bonds is 8. The van der Waals surface area contributed by atoms with E-state index in [0.29, 0.717) is 22.7 Å². The summed E-state index contributed by atoms with van der Waals surface area (Å²) < 4.78 is 12.1. The number of imide groups is 1. The fourth-order valence-electron chi connectivity index (χ4n) is 3.43. The van der Waals surface area contributed by atoms with Crippen molar-refractivity contribution in [1.82, 2.24) is 30.4 Å². The first-order valence-corrected chi connectivity index (χ1v) is 9.83. The van der Waals surface area contributed by atoms with Crippen LogP contribution in [0.15, 0.2) is 54.9 Å². The van der Waals surface area contributed by atoms with E-state index in [1.54, 1.807) is 62.6 Å². The maximum atomic E-state index is 13.1. The molecule has 2 atom stereocenters. The van der Waals surface area contributed by atoms with Gasteiger partial charge >= 0.3 is 6.03 Å². The summed E-state index contributed by atoms with van der Waals surface area (Å²) in [5, 5.41) is 24.1. The molecule has 166 valence electrons. The SMILES string of the molecule is COc1ccc(OC[C@@H](O)CN2C(=O)N[C@@](C)(c3cccc(-n4cnnn4)c3)C2=O)cc1. The van der Waals surface area contributed by atoms with Gasteiger partial charge in [0, 0.05) is 0 Å². The van der Waals surface area contributed by atoms with Crippen molar-refractivity contribution >= 4 is 11.9 Å². The quantitative estimate of drug-likeness (QED) is 0.496. The number of hydrogen-bond acceptors (Lipinski definition) is 8. The summed E-state index contributed by atoms with van der Waals surface area (Å²) in [5.74, 6) is 0.742. The highest BCUT2D eigenvalue weighted by Gasteiger charge is 2.49. The third-order valence-corrected chi connectivity index (χ3v) is 5.21. The van der Waals surface area contributed by atoms with Gasteiger partial charge in [-0.15, -0.1) is 5.10 Å². The van der Waals surface area contributed by atoms with Crippen molar-refractivity contribution in [2.24, 2.45) is 0 Å². The summed E-state index contributed by atoms with van der Waals surface area (Å²) in [5.41, 5.74) is -0.0880. The highest BCUT2D eigenvalue weighted by Crippen LogP contribution is 2.30. The highest BCUT2D eigenvalue weighted by molar-refractivity contribution is 6.07. The van der Waals surface area contributed by atoms with Crippen LogP contribution in [-0.4, -0.2) is 68.5 Å². The molecule has 11 heteroatoms. The largest absolute Gasteiger partial charge is 0.497 e. The number of ether oxygens (including phenoxy) is 2. The number of β-amino-alcohol motifs (C(OH)–C–C–N with tert-alkyl or cyclic N) is 1. The third-order valence-electron chi connectivity index (χ3n) is 5.21. The van der Waals surface area contributed by atoms with Gasteiger partial charge in [0.2, 0.25) is 0 Å². The number of benzene rings is 2. The number of methoxy groups -OCH3 is 1. The third kappa shape index (κ3) is 4.10. The lowest BCUT2D eigenvalue weighted by Gasteiger charge is -2.23. The predicted octanol–water partition coefficient (Wildman–Crippen LogP) is 0.878. The fraction of sp³-hybridized carbons (Fsp3) is 0.286. The number of amides is 3. The molecule has 0 aliphatic carbocycles. The molecule has 4 rings (SSSR count). The molecule has 0 radical (unpaired) electrons. The van der Waals surface area contributed by atoms with Gasteiger partial charge < -0.3 is 19.9 Å². The first-order valence-electron chi connectivity index (χ1n) is 9.83. The smallest absolute Gasteiger partial charge is 0.325 e. The Hall–Kier alpha value is -3.99. The Morgan fingerprint density at radius 2 is 1.91 bits per heavy atom. The van der Waals surface area contributed by atoms with Gasteiger partial charge in [0.1, 0.15) is 36.1 Å². The molecule has 2 heterocycles. The number of carbonyl (C=O) groups excluding carboxylic acids is 2. The first-order chi connectivity index (χ1) is 15.4. The Balaban J connectivity index is 1.43. The Morgan fingerprint density at radius 1 is 1.16 bits per heavy atom. The van der Waals surface area contributed by atoms with Gasteiger partial charge in [-0.2, -0.15) is 0 Å². The van der Waals surface area contributed by atoms with Gasteiger partial charge in [0.05, 0.1) is 19.3 Å². The molecule has 0 bridgehead atoms. The molecule has 1 saturated heterocycles. The zero-order valence-electron chi connectivity index (χ0n) is 17.5. The van der Waals surface area contributed by atoms with E-state index < -0.39 is 23.6 Å². The van der Waals surface area contributed by atoms with Gasteiger partial charge in [-0.3, -0.25) is 9.69 Å². The molecule has 0 unspecified atom stereocenters. The molecule has 3 aromatic rings. The van der Waals surface area contributed by atoms with Gasteiger partial charge in [-0.25, -0.2) is 9.48 Å². The lowest BCUT2D eigenvalue weighted by atomic mass is 9.91. The Labute approximate surface area is 183 Å². The van der Waals surface area contributed by atoms with E-state index in [4.69, 9.17) is 9.47 Å². The number of tetrazole rings is 1. The fourth-order valence-corrected chi connectivity index (χ4v) is 3.43. The Bertz CT molecular complexity index is 1100. The average Bonchev–Trinajstić information content (AvgIpc) is 3.42. The monoisotopic (exact) mass is 438 g/mol. The normalized spacial score (nSPS) is 19.0. The van der Waals surface area contributed by atoms with Crippen LogP contribution in [-0.2, 0) is 10.3 Å². The van der Waals surface area contributed by atoms with Crippen LogP contribution in [0.1, 0.15) is 12.5 Å². The second-order valence-electron chi connectivity index (χ2n) is 7.42. The maximum Gasteiger partial charge on any atom is 0.325 e. The maximum absolute atomic E-state index is 13.1. The summed E-state index contributed by atoms with van der Waals surface area (Å²) in [6.45, 7) is 1.32. The van der Waals surface area contributed by atoms with Gasteiger partial charge in [0.15, 0.2) is 0 Å². The average molecular weight is 438 g/mol. The van der Waals surface area contributed by atoms with Crippen LogP contribution in [0, 0.1) is 0 Å². The van der Waals surface area contributed by atoms with Crippen LogP contribution in [0.4, 0.5) is 4.79 Å². The van der Waals surface area contributed by atoms with E-state index in [1.807, 2.05) is 0 Å². The standard InChI is InChI=1S/C21H22N6O5/c1-21(14-4-3-5-15(10-14)27-13-22-24-25-27)19(29)26(20(30)23-21)11-16(28)12-32-18-8-6-17(31-2)7-9-18/h3-10,13,16,28H,11-12H2,1-2H3,(H,23,30)/t16-,21-/m0/s1. The van der Waals surface area contributed by atoms with Crippen LogP contribution in [0.5, 0.6) is 11.5 Å². The number of nitrogens with zero attached hydrogens (tertiary/aromatic N) is 5. The molecular weight excluding hydrogens is 416 g/mol. The molecule has 3 amide bonds. The molecule has 1 aliphatic heterocycles. The number of urea groups is 1. The summed E-state index contributed by atoms with van der Waals surface area (Å²) in [6, 6.07) is 13.3. The number of hydrogen-bond donors (Lipinski definition) is 2. The van der Waals surface area contributed by atoms with Crippen LogP contribution in [0.25, 0.3) is 5.69 Å². The molecule has 32 heavy (non-hydrogen) atoms. The topological polar surface area (TPSA) is 132 Å². The molecule has 1 aliphatic rings. The van der Waals surface area contributed by atoms with Gasteiger partial charge in [-0.1, -0.05) is 12.1 Å². The molecular formula is C21H22N6O5. The number of aliphatic hydroxyl groups is 1. The molecule has 0 spiro atoms. The summed E-state index contributed by atoms with van der Waals surface area (Å²) >= 11 is 0. The van der Waals surface area contributed by atoms with E-state index in [1.165, 1.54) is 11.0 Å².